The van der Waals surface area contributed by atoms with E-state index < -0.39 is 0 Å². The van der Waals surface area contributed by atoms with E-state index in [1.807, 2.05) is 72.9 Å². The number of nitrogens with zero attached hydrogens (tertiary/aromatic N) is 1. The predicted octanol–water partition coefficient (Wildman–Crippen LogP) is 4.01. The van der Waals surface area contributed by atoms with Crippen molar-refractivity contribution >= 4 is 33.8 Å². The third kappa shape index (κ3) is 3.15. The number of amides is 1. The summed E-state index contributed by atoms with van der Waals surface area (Å²) in [6.07, 6.45) is 3.84. The van der Waals surface area contributed by atoms with E-state index in [4.69, 9.17) is 0 Å². The number of carbonyl (C=O) groups excluding carboxylic acids is 1. The van der Waals surface area contributed by atoms with Gasteiger partial charge in [-0.05, 0) is 22.4 Å². The molecule has 1 aromatic heterocycles. The summed E-state index contributed by atoms with van der Waals surface area (Å²) in [6.45, 7) is 0. The van der Waals surface area contributed by atoms with Gasteiger partial charge in [-0.2, -0.15) is 5.10 Å². The van der Waals surface area contributed by atoms with Crippen molar-refractivity contribution in [2.45, 2.75) is 6.42 Å². The van der Waals surface area contributed by atoms with Crippen molar-refractivity contribution in [2.24, 2.45) is 5.10 Å². The topological polar surface area (TPSA) is 57.2 Å². The summed E-state index contributed by atoms with van der Waals surface area (Å²) in [5.74, 6) is -0.132. The Labute approximate surface area is 145 Å². The number of fused-ring (bicyclic) bond motifs is 2. The molecule has 0 fully saturated rings. The molecule has 4 rings (SSSR count). The molecule has 0 unspecified atom stereocenters. The first-order valence-corrected chi connectivity index (χ1v) is 8.16. The van der Waals surface area contributed by atoms with E-state index in [0.717, 1.165) is 32.8 Å². The Kier molecular flexibility index (Phi) is 4.01. The molecular formula is C21H17N3O. The number of nitrogens with one attached hydrogen (secondary N) is 2. The molecule has 0 radical (unpaired) electrons. The van der Waals surface area contributed by atoms with Crippen molar-refractivity contribution in [1.29, 1.82) is 0 Å². The Morgan fingerprint density at radius 2 is 1.72 bits per heavy atom. The van der Waals surface area contributed by atoms with Crippen molar-refractivity contribution in [1.82, 2.24) is 10.4 Å². The molecule has 0 saturated heterocycles. The number of H-pyrrole nitrogens is 1. The summed E-state index contributed by atoms with van der Waals surface area (Å²) in [7, 11) is 0. The Morgan fingerprint density at radius 3 is 2.64 bits per heavy atom. The lowest BCUT2D eigenvalue weighted by Gasteiger charge is -2.05. The molecule has 4 heteroatoms. The normalized spacial score (nSPS) is 11.4. The highest BCUT2D eigenvalue weighted by molar-refractivity contribution is 5.99. The van der Waals surface area contributed by atoms with Gasteiger partial charge < -0.3 is 4.98 Å². The molecule has 0 saturated carbocycles. The third-order valence-electron chi connectivity index (χ3n) is 4.25. The minimum Gasteiger partial charge on any atom is -0.361 e. The monoisotopic (exact) mass is 327 g/mol. The Balaban J connectivity index is 1.47. The minimum atomic E-state index is -0.132. The van der Waals surface area contributed by atoms with Crippen LogP contribution in [0.4, 0.5) is 0 Å². The second-order valence-corrected chi connectivity index (χ2v) is 5.90. The van der Waals surface area contributed by atoms with Crippen LogP contribution in [0, 0.1) is 0 Å². The summed E-state index contributed by atoms with van der Waals surface area (Å²) in [5.41, 5.74) is 5.61. The smallest absolute Gasteiger partial charge is 0.244 e. The van der Waals surface area contributed by atoms with Crippen LogP contribution < -0.4 is 5.43 Å². The minimum absolute atomic E-state index is 0.132. The van der Waals surface area contributed by atoms with Gasteiger partial charge >= 0.3 is 0 Å². The van der Waals surface area contributed by atoms with Crippen LogP contribution in [0.1, 0.15) is 11.1 Å². The number of benzene rings is 3. The highest BCUT2D eigenvalue weighted by atomic mass is 16.2. The van der Waals surface area contributed by atoms with Crippen LogP contribution in [0.2, 0.25) is 0 Å². The number of hydrogen-bond donors (Lipinski definition) is 2. The van der Waals surface area contributed by atoms with E-state index >= 15 is 0 Å². The van der Waals surface area contributed by atoms with Gasteiger partial charge in [0.25, 0.3) is 0 Å². The fourth-order valence-corrected chi connectivity index (χ4v) is 3.03. The molecule has 0 aliphatic rings. The number of carbonyl (C=O) groups is 1. The quantitative estimate of drug-likeness (QED) is 0.432. The third-order valence-corrected chi connectivity index (χ3v) is 4.25. The maximum absolute atomic E-state index is 12.2. The van der Waals surface area contributed by atoms with E-state index in [1.165, 1.54) is 0 Å². The average molecular weight is 327 g/mol. The second kappa shape index (κ2) is 6.61. The Bertz CT molecular complexity index is 1070. The lowest BCUT2D eigenvalue weighted by atomic mass is 10.0. The molecule has 1 heterocycles. The van der Waals surface area contributed by atoms with E-state index in [0.29, 0.717) is 6.42 Å². The van der Waals surface area contributed by atoms with Gasteiger partial charge in [-0.25, -0.2) is 5.43 Å². The molecule has 3 aromatic carbocycles. The molecule has 1 amide bonds. The molecule has 0 atom stereocenters. The SMILES string of the molecule is O=C(Cc1cccc2ccccc12)NN=Cc1c[nH]c2ccccc12. The first kappa shape index (κ1) is 15.1. The number of aromatic amines is 1. The molecule has 4 nitrogen and oxygen atoms in total. The largest absolute Gasteiger partial charge is 0.361 e. The average Bonchev–Trinajstić information content (AvgIpc) is 3.05. The highest BCUT2D eigenvalue weighted by Crippen LogP contribution is 2.19. The Hall–Kier alpha value is -3.40. The fourth-order valence-electron chi connectivity index (χ4n) is 3.03. The first-order chi connectivity index (χ1) is 12.3. The number of hydrogen-bond acceptors (Lipinski definition) is 2. The molecule has 4 aromatic rings. The predicted molar refractivity (Wildman–Crippen MR) is 102 cm³/mol. The van der Waals surface area contributed by atoms with Gasteiger partial charge in [0.15, 0.2) is 0 Å². The van der Waals surface area contributed by atoms with Gasteiger partial charge in [0.1, 0.15) is 0 Å². The number of hydrazone groups is 1. The summed E-state index contributed by atoms with van der Waals surface area (Å²) >= 11 is 0. The van der Waals surface area contributed by atoms with Crippen LogP contribution in [-0.4, -0.2) is 17.1 Å². The summed E-state index contributed by atoms with van der Waals surface area (Å²) in [5, 5.41) is 7.41. The van der Waals surface area contributed by atoms with E-state index in [-0.39, 0.29) is 5.91 Å². The van der Waals surface area contributed by atoms with E-state index in [2.05, 4.69) is 15.5 Å². The maximum Gasteiger partial charge on any atom is 0.244 e. The molecular weight excluding hydrogens is 310 g/mol. The molecule has 25 heavy (non-hydrogen) atoms. The van der Waals surface area contributed by atoms with Gasteiger partial charge in [0.05, 0.1) is 12.6 Å². The van der Waals surface area contributed by atoms with Gasteiger partial charge in [-0.15, -0.1) is 0 Å². The summed E-state index contributed by atoms with van der Waals surface area (Å²) < 4.78 is 0. The molecule has 0 bridgehead atoms. The summed E-state index contributed by atoms with van der Waals surface area (Å²) in [4.78, 5) is 15.4. The molecule has 122 valence electrons. The molecule has 2 N–H and O–H groups in total. The van der Waals surface area contributed by atoms with E-state index in [1.54, 1.807) is 6.21 Å². The van der Waals surface area contributed by atoms with Crippen LogP contribution in [0.5, 0.6) is 0 Å². The van der Waals surface area contributed by atoms with Crippen LogP contribution in [0.25, 0.3) is 21.7 Å². The van der Waals surface area contributed by atoms with Crippen LogP contribution in [0.15, 0.2) is 78.0 Å². The van der Waals surface area contributed by atoms with Gasteiger partial charge in [0, 0.05) is 22.7 Å². The number of rotatable bonds is 4. The lowest BCUT2D eigenvalue weighted by molar-refractivity contribution is -0.120. The highest BCUT2D eigenvalue weighted by Gasteiger charge is 2.06. The van der Waals surface area contributed by atoms with Crippen molar-refractivity contribution in [3.8, 4) is 0 Å². The zero-order chi connectivity index (χ0) is 17.1. The lowest BCUT2D eigenvalue weighted by Crippen LogP contribution is -2.19. The van der Waals surface area contributed by atoms with Crippen LogP contribution in [-0.2, 0) is 11.2 Å². The van der Waals surface area contributed by atoms with E-state index in [9.17, 15) is 4.79 Å². The maximum atomic E-state index is 12.2. The standard InChI is InChI=1S/C21H17N3O/c25-21(12-16-8-5-7-15-6-1-2-9-18(15)16)24-23-14-17-13-22-20-11-4-3-10-19(17)20/h1-11,13-14,22H,12H2,(H,24,25). The second-order valence-electron chi connectivity index (χ2n) is 5.90. The van der Waals surface area contributed by atoms with Crippen LogP contribution >= 0.6 is 0 Å². The van der Waals surface area contributed by atoms with Crippen molar-refractivity contribution in [3.63, 3.8) is 0 Å². The summed E-state index contributed by atoms with van der Waals surface area (Å²) in [6, 6.07) is 22.0. The molecule has 0 aliphatic carbocycles. The number of para-hydroxylation sites is 1. The number of aromatic nitrogens is 1. The van der Waals surface area contributed by atoms with Crippen LogP contribution in [0.3, 0.4) is 0 Å². The fraction of sp³-hybridized carbons (Fsp3) is 0.0476. The van der Waals surface area contributed by atoms with Gasteiger partial charge in [-0.3, -0.25) is 4.79 Å². The van der Waals surface area contributed by atoms with Crippen molar-refractivity contribution < 1.29 is 4.79 Å². The molecule has 0 aliphatic heterocycles. The zero-order valence-electron chi connectivity index (χ0n) is 13.6. The van der Waals surface area contributed by atoms with Gasteiger partial charge in [0.2, 0.25) is 5.91 Å². The molecule has 0 spiro atoms. The Morgan fingerprint density at radius 1 is 0.960 bits per heavy atom. The van der Waals surface area contributed by atoms with Crippen molar-refractivity contribution in [2.75, 3.05) is 0 Å². The van der Waals surface area contributed by atoms with Crippen molar-refractivity contribution in [3.05, 3.63) is 84.1 Å². The zero-order valence-corrected chi connectivity index (χ0v) is 13.6. The van der Waals surface area contributed by atoms with Gasteiger partial charge in [-0.1, -0.05) is 60.7 Å². The first-order valence-electron chi connectivity index (χ1n) is 8.16.